The Morgan fingerprint density at radius 3 is 2.68 bits per heavy atom. The molecule has 19 heavy (non-hydrogen) atoms. The summed E-state index contributed by atoms with van der Waals surface area (Å²) in [7, 11) is 1.63. The molecule has 0 aliphatic carbocycles. The molecule has 0 aliphatic heterocycles. The van der Waals surface area contributed by atoms with Crippen molar-refractivity contribution in [3.8, 4) is 17.1 Å². The summed E-state index contributed by atoms with van der Waals surface area (Å²) in [5, 5.41) is 4.84. The van der Waals surface area contributed by atoms with Crippen LogP contribution in [0.2, 0.25) is 5.02 Å². The van der Waals surface area contributed by atoms with E-state index in [-0.39, 0.29) is 0 Å². The number of methoxy groups -OCH3 is 1. The van der Waals surface area contributed by atoms with Gasteiger partial charge >= 0.3 is 0 Å². The van der Waals surface area contributed by atoms with E-state index in [1.807, 2.05) is 24.3 Å². The number of nitrogens with two attached hydrogens (primary N) is 1. The van der Waals surface area contributed by atoms with E-state index in [2.05, 4.69) is 10.1 Å². The molecule has 6 heteroatoms. The largest absolute Gasteiger partial charge is 0.497 e. The van der Waals surface area contributed by atoms with Gasteiger partial charge in [-0.3, -0.25) is 0 Å². The zero-order chi connectivity index (χ0) is 13.4. The van der Waals surface area contributed by atoms with Crippen molar-refractivity contribution < 1.29 is 4.74 Å². The lowest BCUT2D eigenvalue weighted by atomic mass is 10.2. The van der Waals surface area contributed by atoms with Crippen LogP contribution in [-0.2, 0) is 0 Å². The van der Waals surface area contributed by atoms with Gasteiger partial charge in [-0.15, -0.1) is 5.10 Å². The highest BCUT2D eigenvalue weighted by molar-refractivity contribution is 6.33. The van der Waals surface area contributed by atoms with Crippen molar-refractivity contribution in [3.05, 3.63) is 41.6 Å². The summed E-state index contributed by atoms with van der Waals surface area (Å²) in [5.74, 6) is 1.41. The van der Waals surface area contributed by atoms with Crippen molar-refractivity contribution in [2.45, 2.75) is 0 Å². The van der Waals surface area contributed by atoms with Gasteiger partial charge in [0.1, 0.15) is 5.75 Å². The standard InChI is InChI=1S/C13H11ClN4O/c1-19-9-4-2-8(3-5-9)13-16-12-6-10(14)11(15)7-18(12)17-13/h2-7H,15H2,1H3. The summed E-state index contributed by atoms with van der Waals surface area (Å²) in [6.45, 7) is 0. The summed E-state index contributed by atoms with van der Waals surface area (Å²) in [5.41, 5.74) is 7.77. The molecule has 0 aliphatic rings. The Hall–Kier alpha value is -2.27. The van der Waals surface area contributed by atoms with Gasteiger partial charge in [-0.25, -0.2) is 9.50 Å². The zero-order valence-electron chi connectivity index (χ0n) is 10.2. The summed E-state index contributed by atoms with van der Waals surface area (Å²) in [4.78, 5) is 4.41. The second kappa shape index (κ2) is 4.44. The SMILES string of the molecule is COc1ccc(-c2nc3cc(Cl)c(N)cn3n2)cc1. The molecule has 3 aromatic rings. The maximum Gasteiger partial charge on any atom is 0.182 e. The summed E-state index contributed by atoms with van der Waals surface area (Å²) < 4.78 is 6.73. The predicted octanol–water partition coefficient (Wildman–Crippen LogP) is 2.64. The van der Waals surface area contributed by atoms with Crippen LogP contribution >= 0.6 is 11.6 Å². The number of nitrogen functional groups attached to an aromatic ring is 1. The molecule has 2 N–H and O–H groups in total. The number of benzene rings is 1. The van der Waals surface area contributed by atoms with E-state index in [1.54, 1.807) is 23.9 Å². The first-order valence-electron chi connectivity index (χ1n) is 5.63. The second-order valence-electron chi connectivity index (χ2n) is 4.04. The highest BCUT2D eigenvalue weighted by atomic mass is 35.5. The van der Waals surface area contributed by atoms with E-state index in [0.29, 0.717) is 22.2 Å². The molecule has 0 radical (unpaired) electrons. The van der Waals surface area contributed by atoms with E-state index in [1.165, 1.54) is 0 Å². The quantitative estimate of drug-likeness (QED) is 0.780. The molecule has 2 heterocycles. The van der Waals surface area contributed by atoms with E-state index in [9.17, 15) is 0 Å². The fourth-order valence-electron chi connectivity index (χ4n) is 1.78. The van der Waals surface area contributed by atoms with E-state index < -0.39 is 0 Å². The second-order valence-corrected chi connectivity index (χ2v) is 4.45. The lowest BCUT2D eigenvalue weighted by Gasteiger charge is -1.99. The number of aromatic nitrogens is 3. The normalized spacial score (nSPS) is 10.8. The van der Waals surface area contributed by atoms with Crippen LogP contribution in [0, 0.1) is 0 Å². The van der Waals surface area contributed by atoms with E-state index in [4.69, 9.17) is 22.1 Å². The van der Waals surface area contributed by atoms with Gasteiger partial charge in [0.2, 0.25) is 0 Å². The van der Waals surface area contributed by atoms with Crippen LogP contribution < -0.4 is 10.5 Å². The number of anilines is 1. The third-order valence-corrected chi connectivity index (χ3v) is 3.13. The fraction of sp³-hybridized carbons (Fsp3) is 0.0769. The Kier molecular flexibility index (Phi) is 2.76. The number of rotatable bonds is 2. The molecule has 0 fully saturated rings. The molecule has 3 rings (SSSR count). The average Bonchev–Trinajstić information content (AvgIpc) is 2.82. The molecule has 0 amide bonds. The van der Waals surface area contributed by atoms with Crippen LogP contribution in [0.5, 0.6) is 5.75 Å². The van der Waals surface area contributed by atoms with E-state index >= 15 is 0 Å². The molecule has 0 spiro atoms. The smallest absolute Gasteiger partial charge is 0.182 e. The minimum Gasteiger partial charge on any atom is -0.497 e. The van der Waals surface area contributed by atoms with Crippen LogP contribution in [0.15, 0.2) is 36.5 Å². The Labute approximate surface area is 114 Å². The lowest BCUT2D eigenvalue weighted by Crippen LogP contribution is -1.93. The van der Waals surface area contributed by atoms with Gasteiger partial charge in [0.15, 0.2) is 11.5 Å². The molecular weight excluding hydrogens is 264 g/mol. The fourth-order valence-corrected chi connectivity index (χ4v) is 1.93. The number of hydrogen-bond acceptors (Lipinski definition) is 4. The third kappa shape index (κ3) is 2.08. The Morgan fingerprint density at radius 1 is 1.26 bits per heavy atom. The van der Waals surface area contributed by atoms with Gasteiger partial charge in [-0.05, 0) is 24.3 Å². The van der Waals surface area contributed by atoms with Crippen LogP contribution in [0.3, 0.4) is 0 Å². The molecule has 5 nitrogen and oxygen atoms in total. The lowest BCUT2D eigenvalue weighted by molar-refractivity contribution is 0.415. The number of fused-ring (bicyclic) bond motifs is 1. The Bertz CT molecular complexity index is 697. The van der Waals surface area contributed by atoms with Crippen molar-refractivity contribution in [1.29, 1.82) is 0 Å². The van der Waals surface area contributed by atoms with Gasteiger partial charge in [-0.2, -0.15) is 0 Å². The number of ether oxygens (including phenoxy) is 1. The van der Waals surface area contributed by atoms with Crippen molar-refractivity contribution in [2.75, 3.05) is 12.8 Å². The van der Waals surface area contributed by atoms with Gasteiger partial charge in [-0.1, -0.05) is 11.6 Å². The first-order valence-corrected chi connectivity index (χ1v) is 6.01. The molecule has 96 valence electrons. The minimum atomic E-state index is 0.473. The monoisotopic (exact) mass is 274 g/mol. The number of pyridine rings is 1. The van der Waals surface area contributed by atoms with Crippen LogP contribution in [0.1, 0.15) is 0 Å². The highest BCUT2D eigenvalue weighted by Crippen LogP contribution is 2.23. The highest BCUT2D eigenvalue weighted by Gasteiger charge is 2.08. The van der Waals surface area contributed by atoms with Gasteiger partial charge in [0.05, 0.1) is 24.0 Å². The maximum absolute atomic E-state index is 5.96. The average molecular weight is 275 g/mol. The summed E-state index contributed by atoms with van der Waals surface area (Å²) in [6.07, 6.45) is 1.65. The number of halogens is 1. The molecule has 0 saturated heterocycles. The van der Waals surface area contributed by atoms with Gasteiger partial charge in [0.25, 0.3) is 0 Å². The molecule has 0 saturated carbocycles. The first-order chi connectivity index (χ1) is 9.17. The van der Waals surface area contributed by atoms with Crippen LogP contribution in [0.25, 0.3) is 17.0 Å². The third-order valence-electron chi connectivity index (χ3n) is 2.80. The minimum absolute atomic E-state index is 0.473. The van der Waals surface area contributed by atoms with Crippen LogP contribution in [0.4, 0.5) is 5.69 Å². The predicted molar refractivity (Wildman–Crippen MR) is 74.4 cm³/mol. The molecule has 0 atom stereocenters. The molecular formula is C13H11ClN4O. The Balaban J connectivity index is 2.09. The zero-order valence-corrected chi connectivity index (χ0v) is 10.9. The van der Waals surface area contributed by atoms with Crippen molar-refractivity contribution in [2.24, 2.45) is 0 Å². The number of hydrogen-bond donors (Lipinski definition) is 1. The Morgan fingerprint density at radius 2 is 2.00 bits per heavy atom. The van der Waals surface area contributed by atoms with E-state index in [0.717, 1.165) is 11.3 Å². The number of nitrogens with zero attached hydrogens (tertiary/aromatic N) is 3. The van der Waals surface area contributed by atoms with Gasteiger partial charge < -0.3 is 10.5 Å². The summed E-state index contributed by atoms with van der Waals surface area (Å²) >= 11 is 5.96. The summed E-state index contributed by atoms with van der Waals surface area (Å²) in [6, 6.07) is 9.22. The first kappa shape index (κ1) is 11.8. The maximum atomic E-state index is 5.96. The van der Waals surface area contributed by atoms with Crippen LogP contribution in [-0.4, -0.2) is 21.7 Å². The topological polar surface area (TPSA) is 65.4 Å². The molecule has 0 bridgehead atoms. The van der Waals surface area contributed by atoms with Crippen molar-refractivity contribution >= 4 is 22.9 Å². The van der Waals surface area contributed by atoms with Crippen molar-refractivity contribution in [1.82, 2.24) is 14.6 Å². The molecule has 0 unspecified atom stereocenters. The van der Waals surface area contributed by atoms with Gasteiger partial charge in [0, 0.05) is 11.6 Å². The molecule has 1 aromatic carbocycles. The molecule has 2 aromatic heterocycles. The van der Waals surface area contributed by atoms with Crippen molar-refractivity contribution in [3.63, 3.8) is 0 Å².